The Kier molecular flexibility index (Phi) is 6.83. The Bertz CT molecular complexity index is 1120. The fourth-order valence-electron chi connectivity index (χ4n) is 4.64. The van der Waals surface area contributed by atoms with Gasteiger partial charge in [-0.2, -0.15) is 9.57 Å². The molecule has 2 aliphatic rings. The van der Waals surface area contributed by atoms with Gasteiger partial charge in [0, 0.05) is 51.7 Å². The van der Waals surface area contributed by atoms with Crippen molar-refractivity contribution >= 4 is 15.9 Å². The van der Waals surface area contributed by atoms with E-state index in [1.165, 1.54) is 4.31 Å². The number of rotatable bonds is 5. The minimum Gasteiger partial charge on any atom is -0.360 e. The van der Waals surface area contributed by atoms with E-state index in [2.05, 4.69) is 16.1 Å². The molecule has 1 aromatic carbocycles. The van der Waals surface area contributed by atoms with Crippen molar-refractivity contribution in [3.05, 3.63) is 46.8 Å². The highest BCUT2D eigenvalue weighted by Crippen LogP contribution is 2.28. The standard InChI is InChI=1S/C23H29N5O4S/c1-17-22(18(2)32-25-17)33(30,31)28-9-7-21(8-10-28)23(29)27-13-11-26(12-14-27)16-20-5-3-19(15-24)4-6-20/h3-6,21H,7-14,16H2,1-2H3. The highest BCUT2D eigenvalue weighted by atomic mass is 32.2. The van der Waals surface area contributed by atoms with Crippen molar-refractivity contribution in [2.45, 2.75) is 38.1 Å². The summed E-state index contributed by atoms with van der Waals surface area (Å²) in [6, 6.07) is 9.73. The summed E-state index contributed by atoms with van der Waals surface area (Å²) in [5.41, 5.74) is 2.17. The van der Waals surface area contributed by atoms with Gasteiger partial charge in [0.15, 0.2) is 5.76 Å². The van der Waals surface area contributed by atoms with Crippen LogP contribution >= 0.6 is 0 Å². The largest absolute Gasteiger partial charge is 0.360 e. The molecule has 0 atom stereocenters. The molecule has 0 saturated carbocycles. The van der Waals surface area contributed by atoms with Gasteiger partial charge in [-0.15, -0.1) is 0 Å². The smallest absolute Gasteiger partial charge is 0.248 e. The molecule has 176 valence electrons. The first-order chi connectivity index (χ1) is 15.8. The number of nitrogens with zero attached hydrogens (tertiary/aromatic N) is 5. The molecule has 0 radical (unpaired) electrons. The SMILES string of the molecule is Cc1noc(C)c1S(=O)(=O)N1CCC(C(=O)N2CCN(Cc3ccc(C#N)cc3)CC2)CC1. The number of benzene rings is 1. The van der Waals surface area contributed by atoms with Crippen LogP contribution < -0.4 is 0 Å². The average molecular weight is 472 g/mol. The predicted octanol–water partition coefficient (Wildman–Crippen LogP) is 1.91. The van der Waals surface area contributed by atoms with E-state index in [1.807, 2.05) is 29.2 Å². The fourth-order valence-corrected chi connectivity index (χ4v) is 6.40. The number of aryl methyl sites for hydroxylation is 2. The van der Waals surface area contributed by atoms with Crippen LogP contribution in [0.3, 0.4) is 0 Å². The van der Waals surface area contributed by atoms with E-state index in [0.717, 1.165) is 25.2 Å². The number of carbonyl (C=O) groups excluding carboxylic acids is 1. The van der Waals surface area contributed by atoms with Crippen LogP contribution in [0.4, 0.5) is 0 Å². The molecule has 33 heavy (non-hydrogen) atoms. The second-order valence-corrected chi connectivity index (χ2v) is 10.6. The monoisotopic (exact) mass is 471 g/mol. The van der Waals surface area contributed by atoms with E-state index in [9.17, 15) is 13.2 Å². The number of amides is 1. The number of piperazine rings is 1. The van der Waals surface area contributed by atoms with Gasteiger partial charge in [0.05, 0.1) is 11.6 Å². The lowest BCUT2D eigenvalue weighted by Gasteiger charge is -2.38. The minimum atomic E-state index is -3.67. The first kappa shape index (κ1) is 23.4. The number of sulfonamides is 1. The maximum atomic E-state index is 13.1. The molecule has 4 rings (SSSR count). The Hall–Kier alpha value is -2.74. The summed E-state index contributed by atoms with van der Waals surface area (Å²) in [6.07, 6.45) is 1.04. The third kappa shape index (κ3) is 4.95. The van der Waals surface area contributed by atoms with Crippen molar-refractivity contribution < 1.29 is 17.7 Å². The fraction of sp³-hybridized carbons (Fsp3) is 0.522. The predicted molar refractivity (Wildman–Crippen MR) is 120 cm³/mol. The lowest BCUT2D eigenvalue weighted by Crippen LogP contribution is -2.51. The van der Waals surface area contributed by atoms with Crippen molar-refractivity contribution in [1.82, 2.24) is 19.3 Å². The summed E-state index contributed by atoms with van der Waals surface area (Å²) in [7, 11) is -3.67. The Morgan fingerprint density at radius 3 is 2.27 bits per heavy atom. The summed E-state index contributed by atoms with van der Waals surface area (Å²) in [4.78, 5) is 17.4. The molecule has 0 aliphatic carbocycles. The second kappa shape index (κ2) is 9.63. The van der Waals surface area contributed by atoms with Gasteiger partial charge in [-0.25, -0.2) is 8.42 Å². The van der Waals surface area contributed by atoms with E-state index in [1.54, 1.807) is 13.8 Å². The Balaban J connectivity index is 1.28. The first-order valence-electron chi connectivity index (χ1n) is 11.2. The highest BCUT2D eigenvalue weighted by molar-refractivity contribution is 7.89. The van der Waals surface area contributed by atoms with Crippen LogP contribution in [0, 0.1) is 31.1 Å². The van der Waals surface area contributed by atoms with Crippen molar-refractivity contribution in [2.24, 2.45) is 5.92 Å². The van der Waals surface area contributed by atoms with Gasteiger partial charge in [-0.3, -0.25) is 9.69 Å². The van der Waals surface area contributed by atoms with Crippen LogP contribution in [0.5, 0.6) is 0 Å². The molecule has 0 N–H and O–H groups in total. The van der Waals surface area contributed by atoms with Gasteiger partial charge in [0.25, 0.3) is 0 Å². The summed E-state index contributed by atoms with van der Waals surface area (Å²) in [5.74, 6) is 0.276. The molecule has 2 fully saturated rings. The number of hydrogen-bond acceptors (Lipinski definition) is 7. The second-order valence-electron chi connectivity index (χ2n) is 8.74. The molecule has 3 heterocycles. The topological polar surface area (TPSA) is 111 Å². The van der Waals surface area contributed by atoms with E-state index in [-0.39, 0.29) is 16.7 Å². The molecule has 1 aromatic heterocycles. The number of hydrogen-bond donors (Lipinski definition) is 0. The van der Waals surface area contributed by atoms with E-state index < -0.39 is 10.0 Å². The minimum absolute atomic E-state index is 0.127. The van der Waals surface area contributed by atoms with Crippen LogP contribution in [-0.4, -0.2) is 72.9 Å². The van der Waals surface area contributed by atoms with Crippen molar-refractivity contribution in [1.29, 1.82) is 5.26 Å². The number of carbonyl (C=O) groups is 1. The quantitative estimate of drug-likeness (QED) is 0.655. The van der Waals surface area contributed by atoms with Gasteiger partial charge >= 0.3 is 0 Å². The maximum Gasteiger partial charge on any atom is 0.248 e. The Morgan fingerprint density at radius 2 is 1.73 bits per heavy atom. The summed E-state index contributed by atoms with van der Waals surface area (Å²) in [5, 5.41) is 12.7. The summed E-state index contributed by atoms with van der Waals surface area (Å²) < 4.78 is 32.5. The zero-order valence-corrected chi connectivity index (χ0v) is 19.8. The maximum absolute atomic E-state index is 13.1. The Morgan fingerprint density at radius 1 is 1.09 bits per heavy atom. The number of nitriles is 1. The molecule has 10 heteroatoms. The van der Waals surface area contributed by atoms with Gasteiger partial charge in [-0.05, 0) is 44.4 Å². The first-order valence-corrected chi connectivity index (χ1v) is 12.7. The van der Waals surface area contributed by atoms with Gasteiger partial charge in [0.2, 0.25) is 15.9 Å². The van der Waals surface area contributed by atoms with Crippen molar-refractivity contribution in [3.63, 3.8) is 0 Å². The van der Waals surface area contributed by atoms with Gasteiger partial charge in [0.1, 0.15) is 10.6 Å². The van der Waals surface area contributed by atoms with Crippen molar-refractivity contribution in [3.8, 4) is 6.07 Å². The lowest BCUT2D eigenvalue weighted by molar-refractivity contribution is -0.138. The van der Waals surface area contributed by atoms with Gasteiger partial charge in [-0.1, -0.05) is 17.3 Å². The number of aromatic nitrogens is 1. The molecule has 0 bridgehead atoms. The zero-order valence-electron chi connectivity index (χ0n) is 19.0. The molecular formula is C23H29N5O4S. The highest BCUT2D eigenvalue weighted by Gasteiger charge is 2.37. The summed E-state index contributed by atoms with van der Waals surface area (Å²) >= 11 is 0. The van der Waals surface area contributed by atoms with Crippen LogP contribution in [0.15, 0.2) is 33.7 Å². The van der Waals surface area contributed by atoms with Gasteiger partial charge < -0.3 is 9.42 Å². The molecule has 9 nitrogen and oxygen atoms in total. The molecule has 2 saturated heterocycles. The van der Waals surface area contributed by atoms with E-state index >= 15 is 0 Å². The molecule has 0 unspecified atom stereocenters. The van der Waals surface area contributed by atoms with Crippen LogP contribution in [0.2, 0.25) is 0 Å². The summed E-state index contributed by atoms with van der Waals surface area (Å²) in [6.45, 7) is 7.61. The van der Waals surface area contributed by atoms with Crippen molar-refractivity contribution in [2.75, 3.05) is 39.3 Å². The molecule has 2 aliphatic heterocycles. The zero-order chi connectivity index (χ0) is 23.6. The van der Waals surface area contributed by atoms with Crippen LogP contribution in [0.25, 0.3) is 0 Å². The third-order valence-electron chi connectivity index (χ3n) is 6.54. The molecular weight excluding hydrogens is 442 g/mol. The third-order valence-corrected chi connectivity index (χ3v) is 8.69. The van der Waals surface area contributed by atoms with Crippen LogP contribution in [0.1, 0.15) is 35.4 Å². The van der Waals surface area contributed by atoms with Crippen LogP contribution in [-0.2, 0) is 21.4 Å². The van der Waals surface area contributed by atoms with E-state index in [4.69, 9.17) is 9.78 Å². The van der Waals surface area contributed by atoms with E-state index in [0.29, 0.717) is 56.0 Å². The molecule has 1 amide bonds. The molecule has 2 aromatic rings. The Labute approximate surface area is 194 Å². The number of piperidine rings is 1. The molecule has 0 spiro atoms. The lowest BCUT2D eigenvalue weighted by atomic mass is 9.96. The average Bonchev–Trinajstić information content (AvgIpc) is 3.18. The normalized spacial score (nSPS) is 18.9.